The number of nitrogens with zero attached hydrogens (tertiary/aromatic N) is 1. The molecule has 0 spiro atoms. The van der Waals surface area contributed by atoms with Gasteiger partial charge in [0.2, 0.25) is 10.0 Å². The molecule has 1 heterocycles. The monoisotopic (exact) mass is 436 g/mol. The number of rotatable bonds is 5. The van der Waals surface area contributed by atoms with E-state index in [-0.39, 0.29) is 11.9 Å². The summed E-state index contributed by atoms with van der Waals surface area (Å²) in [6.07, 6.45) is 1.08. The lowest BCUT2D eigenvalue weighted by atomic mass is 10.0. The van der Waals surface area contributed by atoms with E-state index in [1.54, 1.807) is 36.1 Å². The number of benzene rings is 2. The third-order valence-electron chi connectivity index (χ3n) is 5.13. The molecule has 1 fully saturated rings. The van der Waals surface area contributed by atoms with E-state index < -0.39 is 10.0 Å². The zero-order chi connectivity index (χ0) is 21.2. The summed E-state index contributed by atoms with van der Waals surface area (Å²) >= 11 is 6.03. The molecule has 1 amide bonds. The predicted octanol–water partition coefficient (Wildman–Crippen LogP) is 3.55. The fourth-order valence-electron chi connectivity index (χ4n) is 3.50. The van der Waals surface area contributed by atoms with Crippen molar-refractivity contribution in [3.8, 4) is 5.75 Å². The van der Waals surface area contributed by atoms with E-state index in [0.29, 0.717) is 52.7 Å². The van der Waals surface area contributed by atoms with Crippen LogP contribution in [0.2, 0.25) is 5.02 Å². The number of likely N-dealkylation sites (tertiary alicyclic amines) is 1. The molecule has 2 aromatic rings. The molecule has 0 aromatic heterocycles. The normalized spacial score (nSPS) is 15.4. The average Bonchev–Trinajstić information content (AvgIpc) is 2.69. The van der Waals surface area contributed by atoms with Crippen LogP contribution in [0, 0.1) is 13.8 Å². The number of ether oxygens (including phenoxy) is 1. The van der Waals surface area contributed by atoms with Crippen LogP contribution < -0.4 is 9.46 Å². The van der Waals surface area contributed by atoms with Crippen molar-refractivity contribution >= 4 is 27.5 Å². The fourth-order valence-corrected chi connectivity index (χ4v) is 5.30. The quantitative estimate of drug-likeness (QED) is 0.777. The van der Waals surface area contributed by atoms with E-state index in [0.717, 1.165) is 5.56 Å². The van der Waals surface area contributed by atoms with Gasteiger partial charge in [-0.2, -0.15) is 0 Å². The molecule has 1 aliphatic heterocycles. The summed E-state index contributed by atoms with van der Waals surface area (Å²) in [5.74, 6) is 0.303. The first-order valence-electron chi connectivity index (χ1n) is 9.43. The highest BCUT2D eigenvalue weighted by Gasteiger charge is 2.29. The second-order valence-corrected chi connectivity index (χ2v) is 9.42. The Morgan fingerprint density at radius 1 is 1.14 bits per heavy atom. The highest BCUT2D eigenvalue weighted by Crippen LogP contribution is 2.26. The Labute approximate surface area is 176 Å². The number of methoxy groups -OCH3 is 1. The molecule has 2 aromatic carbocycles. The summed E-state index contributed by atoms with van der Waals surface area (Å²) in [5, 5.41) is 0.463. The lowest BCUT2D eigenvalue weighted by Crippen LogP contribution is -2.46. The van der Waals surface area contributed by atoms with E-state index in [1.807, 2.05) is 19.1 Å². The lowest BCUT2D eigenvalue weighted by molar-refractivity contribution is 0.0708. The van der Waals surface area contributed by atoms with E-state index in [9.17, 15) is 13.2 Å². The van der Waals surface area contributed by atoms with E-state index >= 15 is 0 Å². The first-order valence-corrected chi connectivity index (χ1v) is 11.3. The average molecular weight is 437 g/mol. The van der Waals surface area contributed by atoms with Gasteiger partial charge < -0.3 is 9.64 Å². The number of amides is 1. The number of carbonyl (C=O) groups excluding carboxylic acids is 1. The van der Waals surface area contributed by atoms with Gasteiger partial charge in [-0.1, -0.05) is 23.7 Å². The third-order valence-corrected chi connectivity index (χ3v) is 7.03. The maximum atomic E-state index is 12.9. The first-order chi connectivity index (χ1) is 13.7. The Morgan fingerprint density at radius 2 is 1.83 bits per heavy atom. The van der Waals surface area contributed by atoms with Gasteiger partial charge in [0.05, 0.1) is 17.6 Å². The smallest absolute Gasteiger partial charge is 0.257 e. The topological polar surface area (TPSA) is 75.7 Å². The molecule has 156 valence electrons. The minimum atomic E-state index is -3.61. The van der Waals surface area contributed by atoms with Crippen LogP contribution in [-0.4, -0.2) is 45.5 Å². The highest BCUT2D eigenvalue weighted by molar-refractivity contribution is 7.89. The van der Waals surface area contributed by atoms with Crippen LogP contribution in [0.1, 0.15) is 34.3 Å². The molecule has 0 bridgehead atoms. The molecule has 0 radical (unpaired) electrons. The number of sulfonamides is 1. The van der Waals surface area contributed by atoms with Crippen LogP contribution in [0.4, 0.5) is 0 Å². The number of nitrogens with one attached hydrogen (secondary N) is 1. The maximum absolute atomic E-state index is 12.9. The van der Waals surface area contributed by atoms with Crippen LogP contribution >= 0.6 is 11.6 Å². The molecule has 8 heteroatoms. The van der Waals surface area contributed by atoms with E-state index in [2.05, 4.69) is 4.72 Å². The van der Waals surface area contributed by atoms with Gasteiger partial charge in [0.1, 0.15) is 5.75 Å². The van der Waals surface area contributed by atoms with Crippen LogP contribution in [0.5, 0.6) is 5.75 Å². The molecule has 1 aliphatic rings. The van der Waals surface area contributed by atoms with Gasteiger partial charge in [0, 0.05) is 24.2 Å². The molecule has 0 aliphatic carbocycles. The highest BCUT2D eigenvalue weighted by atomic mass is 35.5. The van der Waals surface area contributed by atoms with Crippen LogP contribution in [0.15, 0.2) is 41.3 Å². The molecule has 3 rings (SSSR count). The number of piperidine rings is 1. The van der Waals surface area contributed by atoms with Crippen LogP contribution in [0.25, 0.3) is 0 Å². The van der Waals surface area contributed by atoms with Crippen molar-refractivity contribution in [1.29, 1.82) is 0 Å². The second-order valence-electron chi connectivity index (χ2n) is 7.30. The zero-order valence-corrected chi connectivity index (χ0v) is 18.3. The van der Waals surface area contributed by atoms with Gasteiger partial charge in [-0.3, -0.25) is 4.79 Å². The third kappa shape index (κ3) is 4.91. The molecule has 1 saturated heterocycles. The number of hydrogen-bond acceptors (Lipinski definition) is 4. The number of aryl methyl sites for hydroxylation is 2. The van der Waals surface area contributed by atoms with Crippen molar-refractivity contribution in [3.05, 3.63) is 58.1 Å². The van der Waals surface area contributed by atoms with Gasteiger partial charge >= 0.3 is 0 Å². The van der Waals surface area contributed by atoms with Gasteiger partial charge in [-0.05, 0) is 62.1 Å². The van der Waals surface area contributed by atoms with Crippen molar-refractivity contribution in [1.82, 2.24) is 9.62 Å². The van der Waals surface area contributed by atoms with Gasteiger partial charge in [0.15, 0.2) is 0 Å². The SMILES string of the molecule is COc1ccc(Cl)cc1C(=O)N1CCC(NS(=O)(=O)c2cc(C)ccc2C)CC1. The molecular weight excluding hydrogens is 412 g/mol. The van der Waals surface area contributed by atoms with Crippen LogP contribution in [-0.2, 0) is 10.0 Å². The van der Waals surface area contributed by atoms with Gasteiger partial charge in [-0.25, -0.2) is 13.1 Å². The van der Waals surface area contributed by atoms with Crippen molar-refractivity contribution in [2.75, 3.05) is 20.2 Å². The predicted molar refractivity (Wildman–Crippen MR) is 113 cm³/mol. The van der Waals surface area contributed by atoms with Crippen molar-refractivity contribution < 1.29 is 17.9 Å². The van der Waals surface area contributed by atoms with Crippen molar-refractivity contribution in [3.63, 3.8) is 0 Å². The summed E-state index contributed by atoms with van der Waals surface area (Å²) in [7, 11) is -2.10. The minimum Gasteiger partial charge on any atom is -0.496 e. The van der Waals surface area contributed by atoms with Crippen LogP contribution in [0.3, 0.4) is 0 Å². The molecule has 0 saturated carbocycles. The Balaban J connectivity index is 1.67. The summed E-state index contributed by atoms with van der Waals surface area (Å²) in [4.78, 5) is 14.9. The maximum Gasteiger partial charge on any atom is 0.257 e. The van der Waals surface area contributed by atoms with Gasteiger partial charge in [-0.15, -0.1) is 0 Å². The summed E-state index contributed by atoms with van der Waals surface area (Å²) in [6.45, 7) is 4.56. The van der Waals surface area contributed by atoms with Crippen molar-refractivity contribution in [2.24, 2.45) is 0 Å². The molecular formula is C21H25ClN2O4S. The number of carbonyl (C=O) groups is 1. The molecule has 0 atom stereocenters. The summed E-state index contributed by atoms with van der Waals surface area (Å²) < 4.78 is 33.7. The number of hydrogen-bond donors (Lipinski definition) is 1. The standard InChI is InChI=1S/C21H25ClN2O4S/c1-14-4-5-15(2)20(12-14)29(26,27)23-17-8-10-24(11-9-17)21(25)18-13-16(22)6-7-19(18)28-3/h4-7,12-13,17,23H,8-11H2,1-3H3. The van der Waals surface area contributed by atoms with E-state index in [4.69, 9.17) is 16.3 Å². The lowest BCUT2D eigenvalue weighted by Gasteiger charge is -2.32. The minimum absolute atomic E-state index is 0.166. The number of halogens is 1. The Bertz CT molecular complexity index is 1020. The Morgan fingerprint density at radius 3 is 2.48 bits per heavy atom. The zero-order valence-electron chi connectivity index (χ0n) is 16.7. The Hall–Kier alpha value is -2.09. The fraction of sp³-hybridized carbons (Fsp3) is 0.381. The summed E-state index contributed by atoms with van der Waals surface area (Å²) in [5.41, 5.74) is 2.02. The van der Waals surface area contributed by atoms with E-state index in [1.165, 1.54) is 7.11 Å². The largest absolute Gasteiger partial charge is 0.496 e. The second kappa shape index (κ2) is 8.73. The van der Waals surface area contributed by atoms with Crippen molar-refractivity contribution in [2.45, 2.75) is 37.6 Å². The molecule has 29 heavy (non-hydrogen) atoms. The Kier molecular flexibility index (Phi) is 6.51. The van der Waals surface area contributed by atoms with Gasteiger partial charge in [0.25, 0.3) is 5.91 Å². The molecule has 1 N–H and O–H groups in total. The first kappa shape index (κ1) is 21.6. The summed E-state index contributed by atoms with van der Waals surface area (Å²) in [6, 6.07) is 10.1. The molecule has 6 nitrogen and oxygen atoms in total. The molecule has 0 unspecified atom stereocenters.